The Bertz CT molecular complexity index is 613. The molecule has 104 valence electrons. The van der Waals surface area contributed by atoms with Crippen molar-refractivity contribution in [3.8, 4) is 0 Å². The van der Waals surface area contributed by atoms with Gasteiger partial charge in [0.1, 0.15) is 0 Å². The lowest BCUT2D eigenvalue weighted by molar-refractivity contribution is 0.581. The molecule has 0 N–H and O–H groups in total. The van der Waals surface area contributed by atoms with Crippen LogP contribution < -0.4 is 0 Å². The molecule has 0 unspecified atom stereocenters. The van der Waals surface area contributed by atoms with Crippen molar-refractivity contribution in [1.29, 1.82) is 0 Å². The summed E-state index contributed by atoms with van der Waals surface area (Å²) < 4.78 is 87.2. The van der Waals surface area contributed by atoms with E-state index in [9.17, 15) is 33.7 Å². The third-order valence-corrected chi connectivity index (χ3v) is 11.7. The maximum atomic E-state index is 11.1. The van der Waals surface area contributed by atoms with E-state index in [0.29, 0.717) is 12.5 Å². The van der Waals surface area contributed by atoms with E-state index in [1.807, 2.05) is 0 Å². The molecule has 0 atom stereocenters. The molecule has 0 saturated heterocycles. The fourth-order valence-corrected chi connectivity index (χ4v) is 5.02. The smallest absolute Gasteiger partial charge is 0.213 e. The lowest BCUT2D eigenvalue weighted by Gasteiger charge is -2.02. The van der Waals surface area contributed by atoms with Crippen molar-refractivity contribution in [2.75, 3.05) is 24.0 Å². The van der Waals surface area contributed by atoms with E-state index in [-0.39, 0.29) is 0 Å². The molecule has 0 heterocycles. The van der Waals surface area contributed by atoms with Crippen molar-refractivity contribution in [3.63, 3.8) is 0 Å². The highest BCUT2D eigenvalue weighted by Crippen LogP contribution is 2.07. The maximum absolute atomic E-state index is 11.1. The van der Waals surface area contributed by atoms with Crippen LogP contribution in [0.4, 0.5) is 0 Å². The molecule has 12 heteroatoms. The predicted octanol–water partition coefficient (Wildman–Crippen LogP) is -1.87. The van der Waals surface area contributed by atoms with Gasteiger partial charge >= 0.3 is 0 Å². The average Bonchev–Trinajstić information content (AvgIpc) is 1.98. The summed E-state index contributed by atoms with van der Waals surface area (Å²) in [6.07, 6.45) is 0.367. The Morgan fingerprint density at radius 2 is 0.824 bits per heavy atom. The lowest BCUT2D eigenvalue weighted by atomic mass is 10.6. The molecule has 0 aliphatic heterocycles. The largest absolute Gasteiger partial charge is 0.253 e. The molecule has 0 aromatic carbocycles. The van der Waals surface area contributed by atoms with Gasteiger partial charge in [0.25, 0.3) is 35.5 Å². The van der Waals surface area contributed by atoms with E-state index >= 15 is 0 Å². The van der Waals surface area contributed by atoms with Gasteiger partial charge in [-0.1, -0.05) is 0 Å². The van der Waals surface area contributed by atoms with E-state index < -0.39 is 53.4 Å². The van der Waals surface area contributed by atoms with E-state index in [2.05, 4.69) is 0 Å². The van der Waals surface area contributed by atoms with Crippen LogP contribution in [0.15, 0.2) is 0 Å². The minimum absolute atomic E-state index is 0.480. The van der Waals surface area contributed by atoms with Crippen molar-refractivity contribution in [2.45, 2.75) is 6.42 Å². The first-order valence-corrected chi connectivity index (χ1v) is 12.2. The summed E-state index contributed by atoms with van der Waals surface area (Å²) in [4.78, 5) is 0. The summed E-state index contributed by atoms with van der Waals surface area (Å²) >= 11 is 0. The molecular formula is C5H12O8S4. The van der Waals surface area contributed by atoms with Crippen LogP contribution >= 0.6 is 0 Å². The zero-order chi connectivity index (χ0) is 14.1. The molecule has 8 nitrogen and oxygen atoms in total. The van der Waals surface area contributed by atoms with Crippen LogP contribution in [-0.2, 0) is 35.5 Å². The molecule has 0 spiro atoms. The molecule has 0 rings (SSSR count). The van der Waals surface area contributed by atoms with Crippen LogP contribution in [0.25, 0.3) is 0 Å². The Morgan fingerprint density at radius 3 is 1.00 bits per heavy atom. The quantitative estimate of drug-likeness (QED) is 0.517. The third kappa shape index (κ3) is 4.52. The maximum Gasteiger partial charge on any atom is 0.253 e. The minimum Gasteiger partial charge on any atom is -0.213 e. The molecule has 0 aliphatic carbocycles. The van der Waals surface area contributed by atoms with Crippen LogP contribution in [0, 0.1) is 0 Å². The fraction of sp³-hybridized carbons (Fsp3) is 1.00. The van der Waals surface area contributed by atoms with Gasteiger partial charge in [0.2, 0.25) is 0 Å². The Labute approximate surface area is 99.5 Å². The Hall–Kier alpha value is -0.200. The molecule has 0 radical (unpaired) electrons. The van der Waals surface area contributed by atoms with E-state index in [0.717, 1.165) is 0 Å². The van der Waals surface area contributed by atoms with Crippen LogP contribution in [0.5, 0.6) is 0 Å². The van der Waals surface area contributed by atoms with Gasteiger partial charge in [0, 0.05) is 0 Å². The third-order valence-electron chi connectivity index (χ3n) is 1.71. The molecule has 0 aromatic rings. The monoisotopic (exact) mass is 328 g/mol. The second kappa shape index (κ2) is 4.82. The standard InChI is InChI=1S/C5H12O8S4/c1-14(6,7)16(10,11)4-3-5-17(12,13)15(2,8)9/h3-5H2,1-2H3. The Morgan fingerprint density at radius 1 is 0.588 bits per heavy atom. The Kier molecular flexibility index (Phi) is 4.76. The predicted molar refractivity (Wildman–Crippen MR) is 61.9 cm³/mol. The molecule has 17 heavy (non-hydrogen) atoms. The van der Waals surface area contributed by atoms with E-state index in [4.69, 9.17) is 0 Å². The van der Waals surface area contributed by atoms with Crippen LogP contribution in [-0.4, -0.2) is 57.7 Å². The normalized spacial score (nSPS) is 14.7. The van der Waals surface area contributed by atoms with Gasteiger partial charge in [-0.15, -0.1) is 0 Å². The second-order valence-corrected chi connectivity index (χ2v) is 15.8. The van der Waals surface area contributed by atoms with E-state index in [1.165, 1.54) is 0 Å². The lowest BCUT2D eigenvalue weighted by Crippen LogP contribution is -2.22. The summed E-state index contributed by atoms with van der Waals surface area (Å²) in [6, 6.07) is 0. The number of hydrogen-bond acceptors (Lipinski definition) is 8. The van der Waals surface area contributed by atoms with Crippen LogP contribution in [0.2, 0.25) is 0 Å². The number of rotatable bonds is 6. The molecular weight excluding hydrogens is 316 g/mol. The molecule has 0 aliphatic rings. The van der Waals surface area contributed by atoms with Crippen LogP contribution in [0.1, 0.15) is 6.42 Å². The van der Waals surface area contributed by atoms with Gasteiger partial charge in [-0.25, -0.2) is 33.7 Å². The summed E-state index contributed by atoms with van der Waals surface area (Å²) in [6.45, 7) is 0. The first-order chi connectivity index (χ1) is 7.21. The first kappa shape index (κ1) is 16.8. The SMILES string of the molecule is CS(=O)(=O)S(=O)(=O)CCCS(=O)(=O)S(C)(=O)=O. The zero-order valence-corrected chi connectivity index (χ0v) is 12.3. The van der Waals surface area contributed by atoms with Gasteiger partial charge in [0.15, 0.2) is 0 Å². The highest BCUT2D eigenvalue weighted by molar-refractivity contribution is 8.67. The van der Waals surface area contributed by atoms with Gasteiger partial charge in [0.05, 0.1) is 24.0 Å². The summed E-state index contributed by atoms with van der Waals surface area (Å²) in [5.74, 6) is -1.86. The molecule has 0 bridgehead atoms. The fourth-order valence-electron chi connectivity index (χ4n) is 0.715. The molecule has 0 fully saturated rings. The molecule has 0 saturated carbocycles. The average molecular weight is 328 g/mol. The van der Waals surface area contributed by atoms with Crippen molar-refractivity contribution in [3.05, 3.63) is 0 Å². The Balaban J connectivity index is 4.81. The summed E-state index contributed by atoms with van der Waals surface area (Å²) in [7, 11) is -17.6. The zero-order valence-electron chi connectivity index (χ0n) is 9.02. The minimum atomic E-state index is -4.45. The van der Waals surface area contributed by atoms with Gasteiger partial charge in [-0.05, 0) is 6.42 Å². The summed E-state index contributed by atoms with van der Waals surface area (Å²) in [5, 5.41) is 0. The van der Waals surface area contributed by atoms with Gasteiger partial charge in [-0.2, -0.15) is 0 Å². The summed E-state index contributed by atoms with van der Waals surface area (Å²) in [5.41, 5.74) is 0. The van der Waals surface area contributed by atoms with Crippen molar-refractivity contribution < 1.29 is 33.7 Å². The molecule has 0 aromatic heterocycles. The topological polar surface area (TPSA) is 137 Å². The van der Waals surface area contributed by atoms with E-state index in [1.54, 1.807) is 0 Å². The van der Waals surface area contributed by atoms with Crippen molar-refractivity contribution in [2.24, 2.45) is 0 Å². The van der Waals surface area contributed by atoms with Crippen molar-refractivity contribution in [1.82, 2.24) is 0 Å². The number of hydrogen-bond donors (Lipinski definition) is 0. The second-order valence-electron chi connectivity index (χ2n) is 3.29. The molecule has 0 amide bonds. The van der Waals surface area contributed by atoms with Crippen molar-refractivity contribution >= 4 is 35.5 Å². The van der Waals surface area contributed by atoms with Gasteiger partial charge < -0.3 is 0 Å². The first-order valence-electron chi connectivity index (χ1n) is 4.06. The highest BCUT2D eigenvalue weighted by atomic mass is 33.2. The van der Waals surface area contributed by atoms with Crippen LogP contribution in [0.3, 0.4) is 0 Å². The highest BCUT2D eigenvalue weighted by Gasteiger charge is 2.28. The van der Waals surface area contributed by atoms with Gasteiger partial charge in [-0.3, -0.25) is 0 Å².